The van der Waals surface area contributed by atoms with Gasteiger partial charge in [-0.2, -0.15) is 0 Å². The second-order valence-corrected chi connectivity index (χ2v) is 5.73. The maximum absolute atomic E-state index is 11.8. The van der Waals surface area contributed by atoms with Crippen LogP contribution < -0.4 is 15.5 Å². The molecular weight excluding hydrogens is 316 g/mol. The smallest absolute Gasteiger partial charge is 0.321 e. The lowest BCUT2D eigenvalue weighted by atomic mass is 10.2. The molecule has 0 unspecified atom stereocenters. The first-order valence-electron chi connectivity index (χ1n) is 7.50. The summed E-state index contributed by atoms with van der Waals surface area (Å²) in [4.78, 5) is 27.5. The van der Waals surface area contributed by atoms with Gasteiger partial charge >= 0.3 is 6.03 Å². The molecule has 2 N–H and O–H groups in total. The summed E-state index contributed by atoms with van der Waals surface area (Å²) in [7, 11) is 0. The highest BCUT2D eigenvalue weighted by molar-refractivity contribution is 6.30. The van der Waals surface area contributed by atoms with Gasteiger partial charge in [0.2, 0.25) is 5.91 Å². The number of halogens is 1. The molecule has 1 aromatic rings. The van der Waals surface area contributed by atoms with Gasteiger partial charge in [-0.15, -0.1) is 6.58 Å². The lowest BCUT2D eigenvalue weighted by Gasteiger charge is -2.35. The van der Waals surface area contributed by atoms with Crippen LogP contribution >= 0.6 is 11.6 Å². The number of nitrogens with zero attached hydrogens (tertiary/aromatic N) is 2. The van der Waals surface area contributed by atoms with Crippen molar-refractivity contribution in [3.05, 3.63) is 41.9 Å². The van der Waals surface area contributed by atoms with Crippen molar-refractivity contribution in [2.75, 3.05) is 44.2 Å². The number of rotatable bonds is 5. The third-order valence-electron chi connectivity index (χ3n) is 3.57. The number of hydrogen-bond donors (Lipinski definition) is 2. The van der Waals surface area contributed by atoms with Crippen LogP contribution in [0.15, 0.2) is 36.9 Å². The van der Waals surface area contributed by atoms with Crippen molar-refractivity contribution >= 4 is 29.2 Å². The fourth-order valence-electron chi connectivity index (χ4n) is 2.42. The summed E-state index contributed by atoms with van der Waals surface area (Å²) in [5.41, 5.74) is 1.09. The molecule has 2 rings (SSSR count). The fraction of sp³-hybridized carbons (Fsp3) is 0.375. The largest absolute Gasteiger partial charge is 0.369 e. The zero-order chi connectivity index (χ0) is 16.7. The molecule has 0 saturated carbocycles. The predicted molar refractivity (Wildman–Crippen MR) is 91.8 cm³/mol. The van der Waals surface area contributed by atoms with Gasteiger partial charge < -0.3 is 10.2 Å². The normalized spacial score (nSPS) is 15.1. The topological polar surface area (TPSA) is 64.7 Å². The monoisotopic (exact) mass is 336 g/mol. The van der Waals surface area contributed by atoms with E-state index in [0.29, 0.717) is 6.54 Å². The number of carbonyl (C=O) groups excluding carboxylic acids is 2. The summed E-state index contributed by atoms with van der Waals surface area (Å²) < 4.78 is 0. The Balaban J connectivity index is 1.75. The van der Waals surface area contributed by atoms with Crippen molar-refractivity contribution in [1.29, 1.82) is 0 Å². The molecule has 1 saturated heterocycles. The third-order valence-corrected chi connectivity index (χ3v) is 3.81. The van der Waals surface area contributed by atoms with Gasteiger partial charge in [-0.25, -0.2) is 4.79 Å². The maximum atomic E-state index is 11.8. The van der Waals surface area contributed by atoms with E-state index in [0.717, 1.165) is 36.9 Å². The number of amides is 3. The van der Waals surface area contributed by atoms with Crippen molar-refractivity contribution in [2.24, 2.45) is 0 Å². The molecule has 1 aliphatic heterocycles. The fourth-order valence-corrected chi connectivity index (χ4v) is 2.60. The summed E-state index contributed by atoms with van der Waals surface area (Å²) in [6, 6.07) is 7.25. The van der Waals surface area contributed by atoms with Crippen LogP contribution in [0.4, 0.5) is 10.5 Å². The summed E-state index contributed by atoms with van der Waals surface area (Å²) in [6.07, 6.45) is 1.55. The molecule has 1 fully saturated rings. The molecule has 1 aliphatic rings. The van der Waals surface area contributed by atoms with Gasteiger partial charge in [0.15, 0.2) is 0 Å². The number of nitrogens with one attached hydrogen (secondary N) is 2. The van der Waals surface area contributed by atoms with E-state index in [2.05, 4.69) is 22.1 Å². The Morgan fingerprint density at radius 1 is 1.26 bits per heavy atom. The van der Waals surface area contributed by atoms with E-state index in [1.54, 1.807) is 6.08 Å². The van der Waals surface area contributed by atoms with E-state index < -0.39 is 6.03 Å². The van der Waals surface area contributed by atoms with Crippen LogP contribution in [0.1, 0.15) is 0 Å². The number of anilines is 1. The summed E-state index contributed by atoms with van der Waals surface area (Å²) in [6.45, 7) is 7.19. The molecule has 0 atom stereocenters. The minimum atomic E-state index is -0.493. The van der Waals surface area contributed by atoms with Crippen LogP contribution in [0.25, 0.3) is 0 Å². The Morgan fingerprint density at radius 3 is 2.65 bits per heavy atom. The minimum absolute atomic E-state index is 0.213. The number of imide groups is 1. The van der Waals surface area contributed by atoms with Crippen molar-refractivity contribution in [3.8, 4) is 0 Å². The molecule has 23 heavy (non-hydrogen) atoms. The standard InChI is InChI=1S/C16H21ClN4O2/c1-2-6-18-16(23)19-15(22)12-20-7-9-21(10-8-20)14-5-3-4-13(17)11-14/h2-5,11H,1,6-10,12H2,(H2,18,19,22,23). The quantitative estimate of drug-likeness (QED) is 0.799. The van der Waals surface area contributed by atoms with E-state index in [1.165, 1.54) is 0 Å². The number of carbonyl (C=O) groups is 2. The molecule has 0 bridgehead atoms. The molecule has 0 radical (unpaired) electrons. The van der Waals surface area contributed by atoms with Crippen molar-refractivity contribution in [3.63, 3.8) is 0 Å². The van der Waals surface area contributed by atoms with Gasteiger partial charge in [-0.3, -0.25) is 15.0 Å². The Hall–Kier alpha value is -2.05. The molecule has 0 aromatic heterocycles. The van der Waals surface area contributed by atoms with Gasteiger partial charge in [0.1, 0.15) is 0 Å². The average molecular weight is 337 g/mol. The van der Waals surface area contributed by atoms with Crippen LogP contribution in [0.2, 0.25) is 5.02 Å². The first-order valence-corrected chi connectivity index (χ1v) is 7.87. The second kappa shape index (κ2) is 8.55. The Bertz CT molecular complexity index is 571. The summed E-state index contributed by atoms with van der Waals surface area (Å²) in [5.74, 6) is -0.303. The Morgan fingerprint density at radius 2 is 2.00 bits per heavy atom. The molecule has 1 heterocycles. The summed E-state index contributed by atoms with van der Waals surface area (Å²) >= 11 is 6.01. The Kier molecular flexibility index (Phi) is 6.43. The van der Waals surface area contributed by atoms with Gasteiger partial charge in [-0.1, -0.05) is 23.7 Å². The van der Waals surface area contributed by atoms with E-state index in [9.17, 15) is 9.59 Å². The molecule has 3 amide bonds. The second-order valence-electron chi connectivity index (χ2n) is 5.29. The van der Waals surface area contributed by atoms with E-state index in [4.69, 9.17) is 11.6 Å². The average Bonchev–Trinajstić information content (AvgIpc) is 2.53. The molecule has 0 aliphatic carbocycles. The minimum Gasteiger partial charge on any atom is -0.369 e. The highest BCUT2D eigenvalue weighted by Crippen LogP contribution is 2.20. The van der Waals surface area contributed by atoms with Crippen LogP contribution in [-0.4, -0.2) is 56.1 Å². The third kappa shape index (κ3) is 5.58. The van der Waals surface area contributed by atoms with Crippen LogP contribution in [-0.2, 0) is 4.79 Å². The highest BCUT2D eigenvalue weighted by atomic mass is 35.5. The zero-order valence-corrected chi connectivity index (χ0v) is 13.7. The Labute approximate surface area is 141 Å². The number of urea groups is 1. The van der Waals surface area contributed by atoms with Crippen LogP contribution in [0.3, 0.4) is 0 Å². The SMILES string of the molecule is C=CCNC(=O)NC(=O)CN1CCN(c2cccc(Cl)c2)CC1. The molecule has 0 spiro atoms. The van der Waals surface area contributed by atoms with E-state index >= 15 is 0 Å². The number of hydrogen-bond acceptors (Lipinski definition) is 4. The predicted octanol–water partition coefficient (Wildman–Crippen LogP) is 1.47. The van der Waals surface area contributed by atoms with Crippen molar-refractivity contribution in [1.82, 2.24) is 15.5 Å². The zero-order valence-electron chi connectivity index (χ0n) is 12.9. The van der Waals surface area contributed by atoms with Crippen LogP contribution in [0, 0.1) is 0 Å². The molecule has 6 nitrogen and oxygen atoms in total. The lowest BCUT2D eigenvalue weighted by molar-refractivity contribution is -0.121. The molecule has 124 valence electrons. The van der Waals surface area contributed by atoms with Crippen molar-refractivity contribution < 1.29 is 9.59 Å². The van der Waals surface area contributed by atoms with E-state index in [1.807, 2.05) is 29.2 Å². The van der Waals surface area contributed by atoms with Crippen LogP contribution in [0.5, 0.6) is 0 Å². The first kappa shape index (κ1) is 17.3. The maximum Gasteiger partial charge on any atom is 0.321 e. The summed E-state index contributed by atoms with van der Waals surface area (Å²) in [5, 5.41) is 5.53. The molecule has 7 heteroatoms. The van der Waals surface area contributed by atoms with Gasteiger partial charge in [0.05, 0.1) is 6.54 Å². The first-order chi connectivity index (χ1) is 11.1. The number of piperazine rings is 1. The van der Waals surface area contributed by atoms with E-state index in [-0.39, 0.29) is 12.5 Å². The van der Waals surface area contributed by atoms with Gasteiger partial charge in [0, 0.05) is 43.4 Å². The molecule has 1 aromatic carbocycles. The van der Waals surface area contributed by atoms with Gasteiger partial charge in [-0.05, 0) is 18.2 Å². The number of benzene rings is 1. The lowest BCUT2D eigenvalue weighted by Crippen LogP contribution is -2.51. The molecular formula is C16H21ClN4O2. The van der Waals surface area contributed by atoms with Crippen molar-refractivity contribution in [2.45, 2.75) is 0 Å². The van der Waals surface area contributed by atoms with Gasteiger partial charge in [0.25, 0.3) is 0 Å². The highest BCUT2D eigenvalue weighted by Gasteiger charge is 2.20.